The second-order valence-corrected chi connectivity index (χ2v) is 7.24. The van der Waals surface area contributed by atoms with Gasteiger partial charge in [-0.3, -0.25) is 0 Å². The number of halogens is 3. The number of ether oxygens (including phenoxy) is 1. The fourth-order valence-corrected chi connectivity index (χ4v) is 2.82. The third-order valence-corrected chi connectivity index (χ3v) is 3.92. The molecule has 0 saturated carbocycles. The van der Waals surface area contributed by atoms with E-state index >= 15 is 0 Å². The van der Waals surface area contributed by atoms with E-state index in [2.05, 4.69) is 0 Å². The monoisotopic (exact) mass is 359 g/mol. The highest BCUT2D eigenvalue weighted by atomic mass is 19.4. The standard InChI is InChI=1S/C17H24F3N3O2/c1-11-10-22(7-8-23(11)15(24)25-16(2,3)4)14-6-5-12(21)9-13(14)17(18,19)20/h5-6,9,11H,7-8,10,21H2,1-4H3. The van der Waals surface area contributed by atoms with Gasteiger partial charge in [0, 0.05) is 37.1 Å². The van der Waals surface area contributed by atoms with Crippen LogP contribution in [0.5, 0.6) is 0 Å². The number of anilines is 2. The van der Waals surface area contributed by atoms with Gasteiger partial charge in [0.2, 0.25) is 0 Å². The second-order valence-electron chi connectivity index (χ2n) is 7.24. The first-order valence-corrected chi connectivity index (χ1v) is 8.10. The van der Waals surface area contributed by atoms with Crippen LogP contribution < -0.4 is 10.6 Å². The summed E-state index contributed by atoms with van der Waals surface area (Å²) >= 11 is 0. The number of nitrogens with two attached hydrogens (primary N) is 1. The molecule has 1 atom stereocenters. The van der Waals surface area contributed by atoms with Gasteiger partial charge in [-0.05, 0) is 45.9 Å². The van der Waals surface area contributed by atoms with Gasteiger partial charge < -0.3 is 20.3 Å². The van der Waals surface area contributed by atoms with Crippen molar-refractivity contribution in [2.75, 3.05) is 30.3 Å². The van der Waals surface area contributed by atoms with Crippen molar-refractivity contribution in [2.45, 2.75) is 45.5 Å². The van der Waals surface area contributed by atoms with E-state index in [4.69, 9.17) is 10.5 Å². The van der Waals surface area contributed by atoms with Gasteiger partial charge in [0.1, 0.15) is 5.60 Å². The zero-order chi connectivity index (χ0) is 19.0. The molecule has 0 aliphatic carbocycles. The van der Waals surface area contributed by atoms with Gasteiger partial charge in [-0.25, -0.2) is 4.79 Å². The molecule has 0 spiro atoms. The molecule has 1 aliphatic rings. The molecule has 0 aromatic heterocycles. The molecule has 1 unspecified atom stereocenters. The number of hydrogen-bond donors (Lipinski definition) is 1. The summed E-state index contributed by atoms with van der Waals surface area (Å²) in [6, 6.07) is 3.51. The van der Waals surface area contributed by atoms with Crippen molar-refractivity contribution in [1.82, 2.24) is 4.90 Å². The largest absolute Gasteiger partial charge is 0.444 e. The molecule has 8 heteroatoms. The topological polar surface area (TPSA) is 58.8 Å². The van der Waals surface area contributed by atoms with E-state index in [0.717, 1.165) is 6.07 Å². The predicted molar refractivity (Wildman–Crippen MR) is 90.5 cm³/mol. The molecule has 1 amide bonds. The lowest BCUT2D eigenvalue weighted by Gasteiger charge is -2.41. The number of amides is 1. The van der Waals surface area contributed by atoms with Crippen LogP contribution in [0.4, 0.5) is 29.3 Å². The van der Waals surface area contributed by atoms with Gasteiger partial charge in [0.25, 0.3) is 0 Å². The summed E-state index contributed by atoms with van der Waals surface area (Å²) in [5.41, 5.74) is 4.29. The summed E-state index contributed by atoms with van der Waals surface area (Å²) in [4.78, 5) is 15.4. The van der Waals surface area contributed by atoms with Crippen molar-refractivity contribution in [3.63, 3.8) is 0 Å². The first-order valence-electron chi connectivity index (χ1n) is 8.10. The molecule has 140 valence electrons. The van der Waals surface area contributed by atoms with Gasteiger partial charge in [0.15, 0.2) is 0 Å². The lowest BCUT2D eigenvalue weighted by molar-refractivity contribution is -0.137. The van der Waals surface area contributed by atoms with Crippen molar-refractivity contribution in [2.24, 2.45) is 0 Å². The molecule has 25 heavy (non-hydrogen) atoms. The maximum Gasteiger partial charge on any atom is 0.418 e. The second kappa shape index (κ2) is 6.65. The normalized spacial score (nSPS) is 19.1. The first-order chi connectivity index (χ1) is 11.4. The highest BCUT2D eigenvalue weighted by Gasteiger charge is 2.37. The molecular formula is C17H24F3N3O2. The van der Waals surface area contributed by atoms with Crippen LogP contribution >= 0.6 is 0 Å². The van der Waals surface area contributed by atoms with Crippen molar-refractivity contribution in [1.29, 1.82) is 0 Å². The number of hydrogen-bond acceptors (Lipinski definition) is 4. The number of benzene rings is 1. The number of nitrogen functional groups attached to an aromatic ring is 1. The quantitative estimate of drug-likeness (QED) is 0.776. The molecule has 2 N–H and O–H groups in total. The Hall–Kier alpha value is -2.12. The Morgan fingerprint density at radius 2 is 1.88 bits per heavy atom. The van der Waals surface area contributed by atoms with E-state index in [9.17, 15) is 18.0 Å². The molecule has 1 heterocycles. The van der Waals surface area contributed by atoms with Crippen LogP contribution in [0.3, 0.4) is 0 Å². The lowest BCUT2D eigenvalue weighted by Crippen LogP contribution is -2.55. The van der Waals surface area contributed by atoms with Crippen molar-refractivity contribution in [3.8, 4) is 0 Å². The Morgan fingerprint density at radius 3 is 2.40 bits per heavy atom. The van der Waals surface area contributed by atoms with Crippen LogP contribution in [0.1, 0.15) is 33.3 Å². The van der Waals surface area contributed by atoms with Crippen molar-refractivity contribution < 1.29 is 22.7 Å². The van der Waals surface area contributed by atoms with E-state index in [0.29, 0.717) is 0 Å². The molecule has 5 nitrogen and oxygen atoms in total. The Kier molecular flexibility index (Phi) is 5.11. The number of alkyl halides is 3. The Labute approximate surface area is 145 Å². The minimum atomic E-state index is -4.49. The molecule has 0 radical (unpaired) electrons. The predicted octanol–water partition coefficient (Wildman–Crippen LogP) is 3.73. The number of piperazine rings is 1. The summed E-state index contributed by atoms with van der Waals surface area (Å²) < 4.78 is 45.3. The minimum Gasteiger partial charge on any atom is -0.444 e. The number of carbonyl (C=O) groups excluding carboxylic acids is 1. The third-order valence-electron chi connectivity index (χ3n) is 3.92. The Morgan fingerprint density at radius 1 is 1.24 bits per heavy atom. The van der Waals surface area contributed by atoms with E-state index in [1.165, 1.54) is 12.1 Å². The Bertz CT molecular complexity index is 641. The number of carbonyl (C=O) groups is 1. The molecule has 1 aromatic rings. The number of nitrogens with zero attached hydrogens (tertiary/aromatic N) is 2. The van der Waals surface area contributed by atoms with Crippen LogP contribution in [0, 0.1) is 0 Å². The fourth-order valence-electron chi connectivity index (χ4n) is 2.82. The van der Waals surface area contributed by atoms with Crippen LogP contribution in [0.2, 0.25) is 0 Å². The lowest BCUT2D eigenvalue weighted by atomic mass is 10.1. The van der Waals surface area contributed by atoms with Gasteiger partial charge in [-0.15, -0.1) is 0 Å². The van der Waals surface area contributed by atoms with Gasteiger partial charge >= 0.3 is 12.3 Å². The SMILES string of the molecule is CC1CN(c2ccc(N)cc2C(F)(F)F)CCN1C(=O)OC(C)(C)C. The molecule has 1 fully saturated rings. The van der Waals surface area contributed by atoms with E-state index in [-0.39, 0.29) is 37.1 Å². The van der Waals surface area contributed by atoms with Crippen molar-refractivity contribution in [3.05, 3.63) is 23.8 Å². The Balaban J connectivity index is 2.18. The zero-order valence-electron chi connectivity index (χ0n) is 14.9. The van der Waals surface area contributed by atoms with Gasteiger partial charge in [0.05, 0.1) is 5.56 Å². The summed E-state index contributed by atoms with van der Waals surface area (Å²) in [7, 11) is 0. The summed E-state index contributed by atoms with van der Waals surface area (Å²) in [5, 5.41) is 0. The van der Waals surface area contributed by atoms with E-state index in [1.54, 1.807) is 37.5 Å². The fraction of sp³-hybridized carbons (Fsp3) is 0.588. The summed E-state index contributed by atoms with van der Waals surface area (Å²) in [5.74, 6) is 0. The zero-order valence-corrected chi connectivity index (χ0v) is 14.9. The molecule has 1 aliphatic heterocycles. The average Bonchev–Trinajstić information content (AvgIpc) is 2.44. The summed E-state index contributed by atoms with van der Waals surface area (Å²) in [6.07, 6.45) is -4.94. The van der Waals surface area contributed by atoms with Crippen molar-refractivity contribution >= 4 is 17.5 Å². The van der Waals surface area contributed by atoms with Crippen LogP contribution in [-0.4, -0.2) is 42.3 Å². The maximum atomic E-state index is 13.3. The van der Waals surface area contributed by atoms with Gasteiger partial charge in [-0.1, -0.05) is 0 Å². The van der Waals surface area contributed by atoms with Crippen LogP contribution in [0.25, 0.3) is 0 Å². The average molecular weight is 359 g/mol. The maximum absolute atomic E-state index is 13.3. The van der Waals surface area contributed by atoms with Gasteiger partial charge in [-0.2, -0.15) is 13.2 Å². The first kappa shape index (κ1) is 19.2. The molecule has 1 saturated heterocycles. The molecule has 1 aromatic carbocycles. The molecule has 2 rings (SSSR count). The van der Waals surface area contributed by atoms with Crippen LogP contribution in [0.15, 0.2) is 18.2 Å². The van der Waals surface area contributed by atoms with E-state index in [1.807, 2.05) is 0 Å². The minimum absolute atomic E-state index is 0.0662. The molecule has 0 bridgehead atoms. The number of rotatable bonds is 1. The van der Waals surface area contributed by atoms with Crippen LogP contribution in [-0.2, 0) is 10.9 Å². The smallest absolute Gasteiger partial charge is 0.418 e. The van der Waals surface area contributed by atoms with E-state index < -0.39 is 23.4 Å². The third kappa shape index (κ3) is 4.70. The highest BCUT2D eigenvalue weighted by molar-refractivity contribution is 5.69. The highest BCUT2D eigenvalue weighted by Crippen LogP contribution is 2.38. The summed E-state index contributed by atoms with van der Waals surface area (Å²) in [6.45, 7) is 7.97. The molecular weight excluding hydrogens is 335 g/mol.